The monoisotopic (exact) mass is 410 g/mol. The minimum atomic E-state index is -3.58. The molecule has 1 aromatic carbocycles. The predicted octanol–water partition coefficient (Wildman–Crippen LogP) is 3.02. The first kappa shape index (κ1) is 21.4. The van der Waals surface area contributed by atoms with Crippen molar-refractivity contribution in [3.63, 3.8) is 0 Å². The number of anilines is 1. The van der Waals surface area contributed by atoms with Crippen LogP contribution in [0, 0.1) is 20.8 Å². The van der Waals surface area contributed by atoms with Gasteiger partial charge < -0.3 is 9.73 Å². The van der Waals surface area contributed by atoms with Gasteiger partial charge in [0.25, 0.3) is 0 Å². The Bertz CT molecular complexity index is 854. The second-order valence-corrected chi connectivity index (χ2v) is 9.51. The number of hydrogen-bond donors (Lipinski definition) is 1. The Labute approximate surface area is 165 Å². The van der Waals surface area contributed by atoms with Crippen LogP contribution in [0.25, 0.3) is 0 Å². The minimum Gasteiger partial charge on any atom is -0.468 e. The van der Waals surface area contributed by atoms with Crippen LogP contribution in [-0.4, -0.2) is 39.4 Å². The van der Waals surface area contributed by atoms with Gasteiger partial charge in [0.2, 0.25) is 15.9 Å². The van der Waals surface area contributed by atoms with Crippen molar-refractivity contribution in [1.29, 1.82) is 0 Å². The number of furan rings is 1. The van der Waals surface area contributed by atoms with Gasteiger partial charge in [0, 0.05) is 12.3 Å². The molecule has 0 fully saturated rings. The fourth-order valence-corrected chi connectivity index (χ4v) is 4.67. The van der Waals surface area contributed by atoms with Crippen molar-refractivity contribution in [3.8, 4) is 0 Å². The van der Waals surface area contributed by atoms with Crippen molar-refractivity contribution < 1.29 is 17.6 Å². The fraction of sp³-hybridized carbons (Fsp3) is 0.421. The van der Waals surface area contributed by atoms with E-state index in [4.69, 9.17) is 4.42 Å². The quantitative estimate of drug-likeness (QED) is 0.643. The smallest absolute Gasteiger partial charge is 0.240 e. The molecule has 0 saturated heterocycles. The van der Waals surface area contributed by atoms with Crippen LogP contribution in [0.4, 0.5) is 5.69 Å². The van der Waals surface area contributed by atoms with Gasteiger partial charge in [-0.1, -0.05) is 17.7 Å². The highest BCUT2D eigenvalue weighted by molar-refractivity contribution is 7.98. The molecule has 1 amide bonds. The van der Waals surface area contributed by atoms with E-state index in [0.29, 0.717) is 18.0 Å². The molecular formula is C19H26N2O4S2. The zero-order valence-corrected chi connectivity index (χ0v) is 17.7. The van der Waals surface area contributed by atoms with Gasteiger partial charge in [0.1, 0.15) is 12.3 Å². The SMILES string of the molecule is Cc1cc(C)c(N(CC(=O)NCCSCc2ccco2)S(C)(=O)=O)c(C)c1. The van der Waals surface area contributed by atoms with Crippen molar-refractivity contribution in [2.24, 2.45) is 0 Å². The number of nitrogens with zero attached hydrogens (tertiary/aromatic N) is 1. The fourth-order valence-electron chi connectivity index (χ4n) is 2.94. The Morgan fingerprint density at radius 3 is 2.44 bits per heavy atom. The third-order valence-corrected chi connectivity index (χ3v) is 6.06. The number of benzene rings is 1. The van der Waals surface area contributed by atoms with E-state index in [1.807, 2.05) is 45.0 Å². The highest BCUT2D eigenvalue weighted by Gasteiger charge is 2.24. The summed E-state index contributed by atoms with van der Waals surface area (Å²) in [6.45, 7) is 5.91. The number of aryl methyl sites for hydroxylation is 3. The molecule has 0 aliphatic heterocycles. The Morgan fingerprint density at radius 2 is 1.89 bits per heavy atom. The number of rotatable bonds is 9. The van der Waals surface area contributed by atoms with E-state index >= 15 is 0 Å². The molecule has 148 valence electrons. The van der Waals surface area contributed by atoms with E-state index in [2.05, 4.69) is 5.32 Å². The highest BCUT2D eigenvalue weighted by atomic mass is 32.2. The summed E-state index contributed by atoms with van der Waals surface area (Å²) in [5.41, 5.74) is 3.30. The van der Waals surface area contributed by atoms with Gasteiger partial charge in [0.05, 0.1) is 24.0 Å². The zero-order chi connectivity index (χ0) is 20.0. The predicted molar refractivity (Wildman–Crippen MR) is 111 cm³/mol. The van der Waals surface area contributed by atoms with Gasteiger partial charge in [0.15, 0.2) is 0 Å². The summed E-state index contributed by atoms with van der Waals surface area (Å²) in [6.07, 6.45) is 2.75. The molecule has 0 aliphatic rings. The van der Waals surface area contributed by atoms with Gasteiger partial charge in [-0.2, -0.15) is 11.8 Å². The third-order valence-electron chi connectivity index (χ3n) is 3.97. The minimum absolute atomic E-state index is 0.230. The van der Waals surface area contributed by atoms with E-state index in [0.717, 1.165) is 34.5 Å². The molecule has 0 spiro atoms. The van der Waals surface area contributed by atoms with E-state index in [1.165, 1.54) is 4.31 Å². The summed E-state index contributed by atoms with van der Waals surface area (Å²) in [4.78, 5) is 12.3. The first-order valence-corrected chi connectivity index (χ1v) is 11.6. The molecule has 8 heteroatoms. The summed E-state index contributed by atoms with van der Waals surface area (Å²) >= 11 is 1.64. The molecule has 2 rings (SSSR count). The number of amides is 1. The summed E-state index contributed by atoms with van der Waals surface area (Å²) in [7, 11) is -3.58. The normalized spacial score (nSPS) is 11.4. The molecule has 0 aliphatic carbocycles. The van der Waals surface area contributed by atoms with E-state index < -0.39 is 10.0 Å². The lowest BCUT2D eigenvalue weighted by molar-refractivity contribution is -0.119. The maximum absolute atomic E-state index is 12.3. The number of thioether (sulfide) groups is 1. The Kier molecular flexibility index (Phi) is 7.38. The van der Waals surface area contributed by atoms with Crippen molar-refractivity contribution in [1.82, 2.24) is 5.32 Å². The number of carbonyl (C=O) groups excluding carboxylic acids is 1. The summed E-state index contributed by atoms with van der Waals surface area (Å²) in [5, 5.41) is 2.79. The number of sulfonamides is 1. The van der Waals surface area contributed by atoms with Gasteiger partial charge in [-0.05, 0) is 44.0 Å². The van der Waals surface area contributed by atoms with Gasteiger partial charge in [-0.3, -0.25) is 9.10 Å². The molecule has 27 heavy (non-hydrogen) atoms. The lowest BCUT2D eigenvalue weighted by Gasteiger charge is -2.26. The maximum atomic E-state index is 12.3. The van der Waals surface area contributed by atoms with Crippen LogP contribution < -0.4 is 9.62 Å². The third kappa shape index (κ3) is 6.32. The topological polar surface area (TPSA) is 79.6 Å². The first-order valence-electron chi connectivity index (χ1n) is 8.61. The Balaban J connectivity index is 1.95. The van der Waals surface area contributed by atoms with E-state index in [1.54, 1.807) is 18.0 Å². The van der Waals surface area contributed by atoms with Gasteiger partial charge in [-0.25, -0.2) is 8.42 Å². The van der Waals surface area contributed by atoms with Gasteiger partial charge in [-0.15, -0.1) is 0 Å². The molecule has 1 heterocycles. The Morgan fingerprint density at radius 1 is 1.22 bits per heavy atom. The molecule has 0 unspecified atom stereocenters. The van der Waals surface area contributed by atoms with E-state index in [9.17, 15) is 13.2 Å². The standard InChI is InChI=1S/C19H26N2O4S2/c1-14-10-15(2)19(16(3)11-14)21(27(4,23)24)12-18(22)20-7-9-26-13-17-6-5-8-25-17/h5-6,8,10-11H,7,9,12-13H2,1-4H3,(H,20,22). The maximum Gasteiger partial charge on any atom is 0.240 e. The zero-order valence-electron chi connectivity index (χ0n) is 16.1. The van der Waals surface area contributed by atoms with Crippen LogP contribution >= 0.6 is 11.8 Å². The lowest BCUT2D eigenvalue weighted by atomic mass is 10.1. The molecular weight excluding hydrogens is 384 g/mol. The van der Waals surface area contributed by atoms with Crippen LogP contribution in [0.1, 0.15) is 22.5 Å². The second-order valence-electron chi connectivity index (χ2n) is 6.50. The number of hydrogen-bond acceptors (Lipinski definition) is 5. The molecule has 1 N–H and O–H groups in total. The van der Waals surface area contributed by atoms with Gasteiger partial charge >= 0.3 is 0 Å². The summed E-state index contributed by atoms with van der Waals surface area (Å²) in [5.74, 6) is 2.02. The van der Waals surface area contributed by atoms with Crippen LogP contribution in [-0.2, 0) is 20.6 Å². The lowest BCUT2D eigenvalue weighted by Crippen LogP contribution is -2.41. The van der Waals surface area contributed by atoms with Crippen molar-refractivity contribution >= 4 is 33.4 Å². The first-order chi connectivity index (χ1) is 12.7. The van der Waals surface area contributed by atoms with Crippen LogP contribution in [0.3, 0.4) is 0 Å². The number of carbonyl (C=O) groups is 1. The highest BCUT2D eigenvalue weighted by Crippen LogP contribution is 2.28. The molecule has 0 bridgehead atoms. The molecule has 0 radical (unpaired) electrons. The average molecular weight is 411 g/mol. The van der Waals surface area contributed by atoms with Crippen molar-refractivity contribution in [3.05, 3.63) is 53.0 Å². The van der Waals surface area contributed by atoms with Crippen molar-refractivity contribution in [2.75, 3.05) is 29.4 Å². The van der Waals surface area contributed by atoms with Crippen LogP contribution in [0.15, 0.2) is 34.9 Å². The second kappa shape index (κ2) is 9.32. The molecule has 2 aromatic rings. The Hall–Kier alpha value is -1.93. The molecule has 6 nitrogen and oxygen atoms in total. The molecule has 0 atom stereocenters. The molecule has 0 saturated carbocycles. The average Bonchev–Trinajstić information content (AvgIpc) is 3.05. The molecule has 1 aromatic heterocycles. The van der Waals surface area contributed by atoms with Crippen molar-refractivity contribution in [2.45, 2.75) is 26.5 Å². The summed E-state index contributed by atoms with van der Waals surface area (Å²) < 4.78 is 31.0. The largest absolute Gasteiger partial charge is 0.468 e. The van der Waals surface area contributed by atoms with Crippen LogP contribution in [0.5, 0.6) is 0 Å². The number of nitrogens with one attached hydrogen (secondary N) is 1. The summed E-state index contributed by atoms with van der Waals surface area (Å²) in [6, 6.07) is 7.59. The van der Waals surface area contributed by atoms with Crippen LogP contribution in [0.2, 0.25) is 0 Å². The van der Waals surface area contributed by atoms with E-state index in [-0.39, 0.29) is 12.5 Å².